The van der Waals surface area contributed by atoms with Gasteiger partial charge in [-0.05, 0) is 12.5 Å². The van der Waals surface area contributed by atoms with Gasteiger partial charge in [0.25, 0.3) is 0 Å². The Morgan fingerprint density at radius 3 is 3.00 bits per heavy atom. The van der Waals surface area contributed by atoms with Crippen LogP contribution in [-0.4, -0.2) is 25.4 Å². The van der Waals surface area contributed by atoms with Crippen LogP contribution in [-0.2, 0) is 4.74 Å². The number of nitrogens with two attached hydrogens (primary N) is 1. The molecular weight excluding hydrogens is 266 g/mol. The molecule has 0 aromatic heterocycles. The quantitative estimate of drug-likeness (QED) is 0.929. The summed E-state index contributed by atoms with van der Waals surface area (Å²) in [5.74, 6) is 1.69. The van der Waals surface area contributed by atoms with Gasteiger partial charge < -0.3 is 19.9 Å². The van der Waals surface area contributed by atoms with Crippen LogP contribution in [0.5, 0.6) is 11.5 Å². The molecule has 1 fully saturated rings. The summed E-state index contributed by atoms with van der Waals surface area (Å²) in [5, 5.41) is 0. The van der Waals surface area contributed by atoms with Gasteiger partial charge in [0.1, 0.15) is 17.1 Å². The van der Waals surface area contributed by atoms with Crippen LogP contribution in [0.3, 0.4) is 0 Å². The summed E-state index contributed by atoms with van der Waals surface area (Å²) in [6.07, 6.45) is 5.24. The van der Waals surface area contributed by atoms with Gasteiger partial charge in [0.05, 0.1) is 19.8 Å². The van der Waals surface area contributed by atoms with Gasteiger partial charge >= 0.3 is 0 Å². The van der Waals surface area contributed by atoms with Gasteiger partial charge in [-0.2, -0.15) is 0 Å². The minimum atomic E-state index is -0.170. The van der Waals surface area contributed by atoms with E-state index in [1.54, 1.807) is 7.11 Å². The molecule has 3 atom stereocenters. The van der Waals surface area contributed by atoms with Crippen molar-refractivity contribution >= 4 is 0 Å². The zero-order chi connectivity index (χ0) is 14.9. The summed E-state index contributed by atoms with van der Waals surface area (Å²) in [6, 6.07) is 5.96. The number of fused-ring (bicyclic) bond motifs is 1. The van der Waals surface area contributed by atoms with Gasteiger partial charge in [0, 0.05) is 36.9 Å². The number of hydrogen-bond acceptors (Lipinski definition) is 4. The van der Waals surface area contributed by atoms with E-state index in [4.69, 9.17) is 19.9 Å². The fraction of sp³-hybridized carbons (Fsp3) is 0.647. The lowest BCUT2D eigenvalue weighted by Crippen LogP contribution is -2.49. The van der Waals surface area contributed by atoms with E-state index in [9.17, 15) is 0 Å². The lowest BCUT2D eigenvalue weighted by molar-refractivity contribution is -0.103. The largest absolute Gasteiger partial charge is 0.497 e. The van der Waals surface area contributed by atoms with Gasteiger partial charge in [-0.15, -0.1) is 0 Å². The second kappa shape index (κ2) is 5.85. The molecule has 0 amide bonds. The van der Waals surface area contributed by atoms with Crippen LogP contribution >= 0.6 is 0 Å². The van der Waals surface area contributed by atoms with Gasteiger partial charge in [0.15, 0.2) is 0 Å². The Hall–Kier alpha value is -1.26. The Morgan fingerprint density at radius 2 is 2.24 bits per heavy atom. The normalized spacial score (nSPS) is 31.6. The first-order valence-corrected chi connectivity index (χ1v) is 7.90. The van der Waals surface area contributed by atoms with Crippen molar-refractivity contribution in [1.82, 2.24) is 0 Å². The molecule has 1 spiro atoms. The molecule has 2 heterocycles. The van der Waals surface area contributed by atoms with Crippen molar-refractivity contribution < 1.29 is 14.2 Å². The van der Waals surface area contributed by atoms with E-state index in [2.05, 4.69) is 6.92 Å². The second-order valence-corrected chi connectivity index (χ2v) is 6.24. The number of rotatable bonds is 3. The Morgan fingerprint density at radius 1 is 1.38 bits per heavy atom. The minimum Gasteiger partial charge on any atom is -0.497 e. The summed E-state index contributed by atoms with van der Waals surface area (Å²) in [7, 11) is 1.67. The molecule has 4 nitrogen and oxygen atoms in total. The van der Waals surface area contributed by atoms with E-state index in [1.807, 2.05) is 18.2 Å². The first kappa shape index (κ1) is 14.7. The van der Waals surface area contributed by atoms with Crippen molar-refractivity contribution in [2.24, 2.45) is 5.73 Å². The summed E-state index contributed by atoms with van der Waals surface area (Å²) in [6.45, 7) is 2.95. The maximum absolute atomic E-state index is 6.41. The molecule has 1 saturated heterocycles. The summed E-state index contributed by atoms with van der Waals surface area (Å²) in [4.78, 5) is 0. The first-order chi connectivity index (χ1) is 10.2. The number of benzene rings is 1. The van der Waals surface area contributed by atoms with Crippen LogP contribution in [0.1, 0.15) is 50.6 Å². The van der Waals surface area contributed by atoms with Crippen LogP contribution < -0.4 is 15.2 Å². The second-order valence-electron chi connectivity index (χ2n) is 6.24. The molecule has 116 valence electrons. The van der Waals surface area contributed by atoms with Crippen molar-refractivity contribution in [3.05, 3.63) is 23.8 Å². The number of ether oxygens (including phenoxy) is 3. The van der Waals surface area contributed by atoms with E-state index >= 15 is 0 Å². The van der Waals surface area contributed by atoms with E-state index < -0.39 is 0 Å². The fourth-order valence-corrected chi connectivity index (χ4v) is 3.60. The van der Waals surface area contributed by atoms with E-state index in [0.717, 1.165) is 55.8 Å². The molecule has 21 heavy (non-hydrogen) atoms. The zero-order valence-corrected chi connectivity index (χ0v) is 12.9. The highest BCUT2D eigenvalue weighted by atomic mass is 16.5. The summed E-state index contributed by atoms with van der Waals surface area (Å²) >= 11 is 0. The van der Waals surface area contributed by atoms with Crippen LogP contribution in [0.25, 0.3) is 0 Å². The molecular formula is C17H25NO3. The Bertz CT molecular complexity index is 503. The first-order valence-electron chi connectivity index (χ1n) is 7.90. The average molecular weight is 291 g/mol. The van der Waals surface area contributed by atoms with Crippen LogP contribution in [0, 0.1) is 0 Å². The minimum absolute atomic E-state index is 0.0278. The maximum atomic E-state index is 6.41. The van der Waals surface area contributed by atoms with Crippen molar-refractivity contribution in [3.63, 3.8) is 0 Å². The predicted molar refractivity (Wildman–Crippen MR) is 81.8 cm³/mol. The number of methoxy groups -OCH3 is 1. The Labute approximate surface area is 126 Å². The van der Waals surface area contributed by atoms with Crippen molar-refractivity contribution in [1.29, 1.82) is 0 Å². The highest BCUT2D eigenvalue weighted by Crippen LogP contribution is 2.45. The SMILES string of the molecule is CCCC1CC2(CCO1)C[C@H](N)c1ccc(OC)cc1O2. The predicted octanol–water partition coefficient (Wildman–Crippen LogP) is 3.20. The summed E-state index contributed by atoms with van der Waals surface area (Å²) in [5.41, 5.74) is 7.31. The molecule has 0 radical (unpaired) electrons. The monoisotopic (exact) mass is 291 g/mol. The topological polar surface area (TPSA) is 53.7 Å². The molecule has 2 N–H and O–H groups in total. The summed E-state index contributed by atoms with van der Waals surface area (Å²) < 4.78 is 17.6. The maximum Gasteiger partial charge on any atom is 0.128 e. The molecule has 4 heteroatoms. The van der Waals surface area contributed by atoms with E-state index in [1.165, 1.54) is 0 Å². The van der Waals surface area contributed by atoms with Crippen molar-refractivity contribution in [3.8, 4) is 11.5 Å². The third kappa shape index (κ3) is 2.87. The standard InChI is InChI=1S/C17H25NO3/c1-3-4-13-10-17(7-8-20-13)11-15(18)14-6-5-12(19-2)9-16(14)21-17/h5-6,9,13,15H,3-4,7-8,10-11,18H2,1-2H3/t13?,15-,17?/m0/s1. The van der Waals surface area contributed by atoms with Crippen LogP contribution in [0.4, 0.5) is 0 Å². The van der Waals surface area contributed by atoms with Crippen molar-refractivity contribution in [2.75, 3.05) is 13.7 Å². The zero-order valence-electron chi connectivity index (χ0n) is 12.9. The molecule has 2 aliphatic rings. The highest BCUT2D eigenvalue weighted by molar-refractivity contribution is 5.44. The van der Waals surface area contributed by atoms with Crippen LogP contribution in [0.2, 0.25) is 0 Å². The smallest absolute Gasteiger partial charge is 0.128 e. The lowest BCUT2D eigenvalue weighted by atomic mass is 9.79. The number of hydrogen-bond donors (Lipinski definition) is 1. The average Bonchev–Trinajstić information content (AvgIpc) is 2.47. The third-order valence-electron chi connectivity index (χ3n) is 4.66. The van der Waals surface area contributed by atoms with Gasteiger partial charge in [-0.3, -0.25) is 0 Å². The molecule has 0 bridgehead atoms. The highest BCUT2D eigenvalue weighted by Gasteiger charge is 2.43. The van der Waals surface area contributed by atoms with Gasteiger partial charge in [-0.1, -0.05) is 19.4 Å². The fourth-order valence-electron chi connectivity index (χ4n) is 3.60. The lowest BCUT2D eigenvalue weighted by Gasteiger charge is -2.46. The van der Waals surface area contributed by atoms with Gasteiger partial charge in [-0.25, -0.2) is 0 Å². The third-order valence-corrected chi connectivity index (χ3v) is 4.66. The van der Waals surface area contributed by atoms with Gasteiger partial charge in [0.2, 0.25) is 0 Å². The Kier molecular flexibility index (Phi) is 4.09. The Balaban J connectivity index is 1.85. The molecule has 2 aliphatic heterocycles. The molecule has 0 aliphatic carbocycles. The van der Waals surface area contributed by atoms with Crippen molar-refractivity contribution in [2.45, 2.75) is 56.8 Å². The molecule has 1 aromatic carbocycles. The molecule has 1 aromatic rings. The molecule has 3 rings (SSSR count). The van der Waals surface area contributed by atoms with E-state index in [0.29, 0.717) is 6.10 Å². The van der Waals surface area contributed by atoms with E-state index in [-0.39, 0.29) is 11.6 Å². The molecule has 0 saturated carbocycles. The van der Waals surface area contributed by atoms with Crippen LogP contribution in [0.15, 0.2) is 18.2 Å². The molecule has 2 unspecified atom stereocenters.